The van der Waals surface area contributed by atoms with Crippen LogP contribution < -0.4 is 5.32 Å². The zero-order chi connectivity index (χ0) is 11.5. The summed E-state index contributed by atoms with van der Waals surface area (Å²) in [5.74, 6) is 1.03. The zero-order valence-electron chi connectivity index (χ0n) is 9.56. The molecule has 1 atom stereocenters. The largest absolute Gasteiger partial charge is 0.356 e. The number of hydrogen-bond acceptors (Lipinski definition) is 5. The Morgan fingerprint density at radius 1 is 1.69 bits per heavy atom. The molecule has 0 bridgehead atoms. The molecule has 1 aromatic rings. The molecule has 2 rings (SSSR count). The number of aromatic nitrogens is 2. The molecule has 0 aliphatic carbocycles. The summed E-state index contributed by atoms with van der Waals surface area (Å²) < 4.78 is 4.12. The van der Waals surface area contributed by atoms with E-state index in [1.165, 1.54) is 11.5 Å². The summed E-state index contributed by atoms with van der Waals surface area (Å²) in [6, 6.07) is 0.322. The number of likely N-dealkylation sites (tertiary alicyclic amines) is 1. The maximum atomic E-state index is 11.5. The van der Waals surface area contributed by atoms with E-state index in [1.54, 1.807) is 0 Å². The molecule has 6 heteroatoms. The molecule has 1 N–H and O–H groups in total. The van der Waals surface area contributed by atoms with E-state index in [-0.39, 0.29) is 5.91 Å². The Morgan fingerprint density at radius 3 is 3.12 bits per heavy atom. The molecule has 5 nitrogen and oxygen atoms in total. The molecule has 0 unspecified atom stereocenters. The number of hydrogen-bond donors (Lipinski definition) is 1. The highest BCUT2D eigenvalue weighted by atomic mass is 32.1. The van der Waals surface area contributed by atoms with Crippen molar-refractivity contribution >= 4 is 22.6 Å². The standard InChI is InChI=1S/C10H16N4OS/c1-3-9(15)14-5-4-8(6-14)12-10-11-7(2)13-16-10/h8H,3-6H2,1-2H3,(H,11,12,13)/t8-/m0/s1. The van der Waals surface area contributed by atoms with E-state index in [2.05, 4.69) is 14.7 Å². The third kappa shape index (κ3) is 2.49. The second-order valence-electron chi connectivity index (χ2n) is 3.97. The number of aryl methyl sites for hydroxylation is 1. The Balaban J connectivity index is 1.87. The fourth-order valence-electron chi connectivity index (χ4n) is 1.86. The van der Waals surface area contributed by atoms with Crippen LogP contribution >= 0.6 is 11.5 Å². The molecule has 88 valence electrons. The third-order valence-electron chi connectivity index (χ3n) is 2.70. The predicted octanol–water partition coefficient (Wildman–Crippen LogP) is 1.27. The number of nitrogens with one attached hydrogen (secondary N) is 1. The minimum Gasteiger partial charge on any atom is -0.356 e. The Kier molecular flexibility index (Phi) is 3.38. The van der Waals surface area contributed by atoms with Gasteiger partial charge in [0.2, 0.25) is 11.0 Å². The van der Waals surface area contributed by atoms with E-state index in [4.69, 9.17) is 0 Å². The maximum absolute atomic E-state index is 11.5. The molecule has 1 saturated heterocycles. The van der Waals surface area contributed by atoms with Crippen LogP contribution in [0.25, 0.3) is 0 Å². The highest BCUT2D eigenvalue weighted by Crippen LogP contribution is 2.17. The third-order valence-corrected chi connectivity index (χ3v) is 3.44. The number of carbonyl (C=O) groups is 1. The minimum absolute atomic E-state index is 0.234. The van der Waals surface area contributed by atoms with Gasteiger partial charge in [-0.2, -0.15) is 4.37 Å². The molecule has 16 heavy (non-hydrogen) atoms. The van der Waals surface area contributed by atoms with Crippen molar-refractivity contribution in [3.63, 3.8) is 0 Å². The van der Waals surface area contributed by atoms with E-state index in [1.807, 2.05) is 18.7 Å². The van der Waals surface area contributed by atoms with Gasteiger partial charge in [-0.05, 0) is 13.3 Å². The van der Waals surface area contributed by atoms with Gasteiger partial charge in [-0.25, -0.2) is 4.98 Å². The van der Waals surface area contributed by atoms with Crippen LogP contribution in [-0.2, 0) is 4.79 Å². The molecule has 1 fully saturated rings. The number of amides is 1. The van der Waals surface area contributed by atoms with Crippen LogP contribution in [0, 0.1) is 6.92 Å². The van der Waals surface area contributed by atoms with Gasteiger partial charge in [-0.3, -0.25) is 4.79 Å². The predicted molar refractivity (Wildman–Crippen MR) is 63.5 cm³/mol. The molecule has 2 heterocycles. The Bertz CT molecular complexity index is 379. The van der Waals surface area contributed by atoms with Crippen molar-refractivity contribution in [1.82, 2.24) is 14.3 Å². The van der Waals surface area contributed by atoms with Crippen molar-refractivity contribution in [2.24, 2.45) is 0 Å². The van der Waals surface area contributed by atoms with Gasteiger partial charge in [0.25, 0.3) is 0 Å². The molecule has 0 radical (unpaired) electrons. The highest BCUT2D eigenvalue weighted by molar-refractivity contribution is 7.09. The van der Waals surface area contributed by atoms with E-state index >= 15 is 0 Å². The fourth-order valence-corrected chi connectivity index (χ4v) is 2.51. The second kappa shape index (κ2) is 4.78. The highest BCUT2D eigenvalue weighted by Gasteiger charge is 2.25. The van der Waals surface area contributed by atoms with Gasteiger partial charge in [-0.15, -0.1) is 0 Å². The van der Waals surface area contributed by atoms with Gasteiger partial charge in [0.15, 0.2) is 0 Å². The molecule has 0 aromatic carbocycles. The Morgan fingerprint density at radius 2 is 2.50 bits per heavy atom. The molecule has 1 amide bonds. The number of anilines is 1. The van der Waals surface area contributed by atoms with E-state index in [9.17, 15) is 4.79 Å². The summed E-state index contributed by atoms with van der Waals surface area (Å²) in [5, 5.41) is 4.18. The van der Waals surface area contributed by atoms with Crippen molar-refractivity contribution < 1.29 is 4.79 Å². The van der Waals surface area contributed by atoms with Crippen LogP contribution in [0.3, 0.4) is 0 Å². The van der Waals surface area contributed by atoms with Crippen molar-refractivity contribution in [2.75, 3.05) is 18.4 Å². The topological polar surface area (TPSA) is 58.1 Å². The smallest absolute Gasteiger partial charge is 0.222 e. The summed E-state index contributed by atoms with van der Waals surface area (Å²) in [6.07, 6.45) is 1.58. The lowest BCUT2D eigenvalue weighted by molar-refractivity contribution is -0.129. The van der Waals surface area contributed by atoms with E-state index < -0.39 is 0 Å². The number of rotatable bonds is 3. The van der Waals surface area contributed by atoms with Gasteiger partial charge < -0.3 is 10.2 Å². The molecule has 1 aliphatic rings. The summed E-state index contributed by atoms with van der Waals surface area (Å²) in [7, 11) is 0. The number of carbonyl (C=O) groups excluding carboxylic acids is 1. The monoisotopic (exact) mass is 240 g/mol. The second-order valence-corrected chi connectivity index (χ2v) is 4.72. The van der Waals surface area contributed by atoms with Crippen LogP contribution in [0.1, 0.15) is 25.6 Å². The fraction of sp³-hybridized carbons (Fsp3) is 0.700. The van der Waals surface area contributed by atoms with Gasteiger partial charge in [0.05, 0.1) is 0 Å². The summed E-state index contributed by atoms with van der Waals surface area (Å²) >= 11 is 1.38. The SMILES string of the molecule is CCC(=O)N1CC[C@H](Nc2nc(C)ns2)C1. The number of nitrogens with zero attached hydrogens (tertiary/aromatic N) is 3. The zero-order valence-corrected chi connectivity index (χ0v) is 10.4. The normalized spacial score (nSPS) is 20.1. The molecular weight excluding hydrogens is 224 g/mol. The minimum atomic E-state index is 0.234. The Hall–Kier alpha value is -1.17. The van der Waals surface area contributed by atoms with Crippen LogP contribution in [0.4, 0.5) is 5.13 Å². The molecule has 0 spiro atoms. The van der Waals surface area contributed by atoms with Gasteiger partial charge in [-0.1, -0.05) is 6.92 Å². The van der Waals surface area contributed by atoms with Gasteiger partial charge in [0.1, 0.15) is 5.82 Å². The first kappa shape index (κ1) is 11.3. The summed E-state index contributed by atoms with van der Waals surface area (Å²) in [4.78, 5) is 17.7. The van der Waals surface area contributed by atoms with Crippen LogP contribution in [0.2, 0.25) is 0 Å². The summed E-state index contributed by atoms with van der Waals surface area (Å²) in [6.45, 7) is 5.41. The first-order valence-electron chi connectivity index (χ1n) is 5.53. The van der Waals surface area contributed by atoms with Crippen molar-refractivity contribution in [2.45, 2.75) is 32.7 Å². The van der Waals surface area contributed by atoms with E-state index in [0.717, 1.165) is 30.5 Å². The first-order chi connectivity index (χ1) is 7.69. The average Bonchev–Trinajstić information content (AvgIpc) is 2.87. The molecule has 0 saturated carbocycles. The Labute approximate surface area is 99.0 Å². The van der Waals surface area contributed by atoms with Crippen molar-refractivity contribution in [3.8, 4) is 0 Å². The van der Waals surface area contributed by atoms with Crippen molar-refractivity contribution in [3.05, 3.63) is 5.82 Å². The van der Waals surface area contributed by atoms with Gasteiger partial charge in [0, 0.05) is 37.1 Å². The van der Waals surface area contributed by atoms with Crippen LogP contribution in [-0.4, -0.2) is 39.3 Å². The quantitative estimate of drug-likeness (QED) is 0.864. The van der Waals surface area contributed by atoms with Crippen LogP contribution in [0.15, 0.2) is 0 Å². The molecule has 1 aromatic heterocycles. The summed E-state index contributed by atoms with van der Waals surface area (Å²) in [5.41, 5.74) is 0. The lowest BCUT2D eigenvalue weighted by Gasteiger charge is -2.15. The lowest BCUT2D eigenvalue weighted by atomic mass is 10.3. The first-order valence-corrected chi connectivity index (χ1v) is 6.31. The maximum Gasteiger partial charge on any atom is 0.222 e. The van der Waals surface area contributed by atoms with Crippen molar-refractivity contribution in [1.29, 1.82) is 0 Å². The molecular formula is C10H16N4OS. The molecule has 1 aliphatic heterocycles. The van der Waals surface area contributed by atoms with E-state index in [0.29, 0.717) is 12.5 Å². The average molecular weight is 240 g/mol. The van der Waals surface area contributed by atoms with Crippen LogP contribution in [0.5, 0.6) is 0 Å². The lowest BCUT2D eigenvalue weighted by Crippen LogP contribution is -2.30. The van der Waals surface area contributed by atoms with Gasteiger partial charge >= 0.3 is 0 Å².